The fraction of sp³-hybridized carbons (Fsp3) is 0.300. The Morgan fingerprint density at radius 3 is 2.58 bits per heavy atom. The Morgan fingerprint density at radius 2 is 1.92 bits per heavy atom. The Hall–Kier alpha value is -2.04. The molecular formula is C20H20Cl2N2O2. The largest absolute Gasteiger partial charge is 0.352 e. The topological polar surface area (TPSA) is 49.4 Å². The summed E-state index contributed by atoms with van der Waals surface area (Å²) in [5.74, 6) is -0.532. The highest BCUT2D eigenvalue weighted by atomic mass is 35.5. The minimum Gasteiger partial charge on any atom is -0.352 e. The number of carbonyl (C=O) groups excluding carboxylic acids is 2. The first-order chi connectivity index (χ1) is 12.5. The van der Waals surface area contributed by atoms with Crippen molar-refractivity contribution < 1.29 is 9.59 Å². The zero-order chi connectivity index (χ0) is 18.7. The number of nitrogens with zero attached hydrogens (tertiary/aromatic N) is 1. The van der Waals surface area contributed by atoms with Crippen LogP contribution in [0.25, 0.3) is 0 Å². The molecule has 1 fully saturated rings. The third-order valence-electron chi connectivity index (χ3n) is 4.62. The molecular weight excluding hydrogens is 371 g/mol. The SMILES string of the molecule is CCc1ccc(N2C[C@H](C(=O)NCc3ccc(Cl)cc3Cl)CC2=O)cc1. The van der Waals surface area contributed by atoms with Gasteiger partial charge < -0.3 is 10.2 Å². The summed E-state index contributed by atoms with van der Waals surface area (Å²) >= 11 is 12.0. The highest BCUT2D eigenvalue weighted by Gasteiger charge is 2.35. The molecule has 2 aromatic rings. The number of rotatable bonds is 5. The molecule has 0 aromatic heterocycles. The predicted molar refractivity (Wildman–Crippen MR) is 105 cm³/mol. The minimum absolute atomic E-state index is 0.0288. The first kappa shape index (κ1) is 18.7. The Labute approximate surface area is 163 Å². The van der Waals surface area contributed by atoms with E-state index in [1.54, 1.807) is 23.1 Å². The van der Waals surface area contributed by atoms with E-state index in [9.17, 15) is 9.59 Å². The molecule has 26 heavy (non-hydrogen) atoms. The molecule has 1 saturated heterocycles. The molecule has 3 rings (SSSR count). The summed E-state index contributed by atoms with van der Waals surface area (Å²) < 4.78 is 0. The van der Waals surface area contributed by atoms with E-state index in [4.69, 9.17) is 23.2 Å². The molecule has 1 aliphatic rings. The zero-order valence-corrected chi connectivity index (χ0v) is 16.0. The van der Waals surface area contributed by atoms with Crippen LogP contribution in [0.3, 0.4) is 0 Å². The lowest BCUT2D eigenvalue weighted by atomic mass is 10.1. The van der Waals surface area contributed by atoms with Gasteiger partial charge in [-0.05, 0) is 41.8 Å². The molecule has 0 saturated carbocycles. The van der Waals surface area contributed by atoms with Crippen molar-refractivity contribution in [2.24, 2.45) is 5.92 Å². The molecule has 1 atom stereocenters. The molecule has 2 aromatic carbocycles. The molecule has 0 radical (unpaired) electrons. The van der Waals surface area contributed by atoms with Crippen molar-refractivity contribution in [1.29, 1.82) is 0 Å². The first-order valence-electron chi connectivity index (χ1n) is 8.59. The summed E-state index contributed by atoms with van der Waals surface area (Å²) in [6.45, 7) is 2.79. The fourth-order valence-electron chi connectivity index (χ4n) is 3.04. The number of hydrogen-bond acceptors (Lipinski definition) is 2. The van der Waals surface area contributed by atoms with Gasteiger partial charge in [0.1, 0.15) is 0 Å². The van der Waals surface area contributed by atoms with Gasteiger partial charge in [0.2, 0.25) is 11.8 Å². The molecule has 1 aliphatic heterocycles. The van der Waals surface area contributed by atoms with Gasteiger partial charge in [0.15, 0.2) is 0 Å². The lowest BCUT2D eigenvalue weighted by Gasteiger charge is -2.17. The van der Waals surface area contributed by atoms with Crippen LogP contribution in [0.5, 0.6) is 0 Å². The van der Waals surface area contributed by atoms with Crippen LogP contribution in [-0.4, -0.2) is 18.4 Å². The highest BCUT2D eigenvalue weighted by Crippen LogP contribution is 2.26. The average Bonchev–Trinajstić information content (AvgIpc) is 3.02. The summed E-state index contributed by atoms with van der Waals surface area (Å²) in [5, 5.41) is 3.93. The van der Waals surface area contributed by atoms with Crippen LogP contribution >= 0.6 is 23.2 Å². The van der Waals surface area contributed by atoms with Gasteiger partial charge in [0, 0.05) is 35.2 Å². The van der Waals surface area contributed by atoms with E-state index >= 15 is 0 Å². The third kappa shape index (κ3) is 4.19. The molecule has 136 valence electrons. The van der Waals surface area contributed by atoms with Crippen LogP contribution in [0.15, 0.2) is 42.5 Å². The molecule has 4 nitrogen and oxygen atoms in total. The normalized spacial score (nSPS) is 16.8. The van der Waals surface area contributed by atoms with Gasteiger partial charge in [-0.25, -0.2) is 0 Å². The number of carbonyl (C=O) groups is 2. The Morgan fingerprint density at radius 1 is 1.19 bits per heavy atom. The van der Waals surface area contributed by atoms with Gasteiger partial charge in [-0.15, -0.1) is 0 Å². The number of halogens is 2. The van der Waals surface area contributed by atoms with E-state index in [1.807, 2.05) is 24.3 Å². The Kier molecular flexibility index (Phi) is 5.84. The second-order valence-corrected chi connectivity index (χ2v) is 7.22. The van der Waals surface area contributed by atoms with E-state index < -0.39 is 0 Å². The molecule has 1 heterocycles. The quantitative estimate of drug-likeness (QED) is 0.830. The van der Waals surface area contributed by atoms with E-state index in [0.717, 1.165) is 17.7 Å². The van der Waals surface area contributed by atoms with E-state index in [2.05, 4.69) is 12.2 Å². The van der Waals surface area contributed by atoms with Crippen molar-refractivity contribution >= 4 is 40.7 Å². The molecule has 0 spiro atoms. The number of aryl methyl sites for hydroxylation is 1. The maximum absolute atomic E-state index is 12.5. The van der Waals surface area contributed by atoms with Crippen molar-refractivity contribution in [3.8, 4) is 0 Å². The van der Waals surface area contributed by atoms with Gasteiger partial charge >= 0.3 is 0 Å². The van der Waals surface area contributed by atoms with E-state index in [-0.39, 0.29) is 24.2 Å². The maximum Gasteiger partial charge on any atom is 0.227 e. The number of anilines is 1. The molecule has 0 bridgehead atoms. The molecule has 2 amide bonds. The molecule has 0 aliphatic carbocycles. The van der Waals surface area contributed by atoms with Gasteiger partial charge in [0.05, 0.1) is 5.92 Å². The van der Waals surface area contributed by atoms with E-state index in [1.165, 1.54) is 5.56 Å². The summed E-state index contributed by atoms with van der Waals surface area (Å²) in [6.07, 6.45) is 1.17. The van der Waals surface area contributed by atoms with Crippen LogP contribution in [0.2, 0.25) is 10.0 Å². The standard InChI is InChI=1S/C20H20Cl2N2O2/c1-2-13-3-7-17(8-4-13)24-12-15(9-19(24)25)20(26)23-11-14-5-6-16(21)10-18(14)22/h3-8,10,15H,2,9,11-12H2,1H3,(H,23,26)/t15-/m1/s1. The predicted octanol–water partition coefficient (Wildman–Crippen LogP) is 4.23. The number of amides is 2. The second-order valence-electron chi connectivity index (χ2n) is 6.38. The van der Waals surface area contributed by atoms with E-state index in [0.29, 0.717) is 23.1 Å². The lowest BCUT2D eigenvalue weighted by molar-refractivity contribution is -0.126. The lowest BCUT2D eigenvalue weighted by Crippen LogP contribution is -2.32. The summed E-state index contributed by atoms with van der Waals surface area (Å²) in [5.41, 5.74) is 2.85. The van der Waals surface area contributed by atoms with Crippen LogP contribution in [0.4, 0.5) is 5.69 Å². The van der Waals surface area contributed by atoms with Crippen LogP contribution in [0, 0.1) is 5.92 Å². The van der Waals surface area contributed by atoms with Gasteiger partial charge in [-0.1, -0.05) is 48.3 Å². The van der Waals surface area contributed by atoms with Gasteiger partial charge in [0.25, 0.3) is 0 Å². The van der Waals surface area contributed by atoms with Gasteiger partial charge in [-0.2, -0.15) is 0 Å². The highest BCUT2D eigenvalue weighted by molar-refractivity contribution is 6.35. The Bertz CT molecular complexity index is 821. The van der Waals surface area contributed by atoms with Crippen LogP contribution in [-0.2, 0) is 22.6 Å². The van der Waals surface area contributed by atoms with Crippen molar-refractivity contribution in [2.45, 2.75) is 26.3 Å². The average molecular weight is 391 g/mol. The summed E-state index contributed by atoms with van der Waals surface area (Å²) in [4.78, 5) is 26.5. The number of nitrogens with one attached hydrogen (secondary N) is 1. The monoisotopic (exact) mass is 390 g/mol. The van der Waals surface area contributed by atoms with Crippen LogP contribution in [0.1, 0.15) is 24.5 Å². The van der Waals surface area contributed by atoms with Crippen molar-refractivity contribution in [2.75, 3.05) is 11.4 Å². The molecule has 6 heteroatoms. The van der Waals surface area contributed by atoms with Crippen molar-refractivity contribution in [3.63, 3.8) is 0 Å². The Balaban J connectivity index is 1.61. The summed E-state index contributed by atoms with van der Waals surface area (Å²) in [6, 6.07) is 13.1. The zero-order valence-electron chi connectivity index (χ0n) is 14.5. The van der Waals surface area contributed by atoms with Crippen molar-refractivity contribution in [1.82, 2.24) is 5.32 Å². The number of hydrogen-bond donors (Lipinski definition) is 1. The van der Waals surface area contributed by atoms with Crippen LogP contribution < -0.4 is 10.2 Å². The summed E-state index contributed by atoms with van der Waals surface area (Å²) in [7, 11) is 0. The maximum atomic E-state index is 12.5. The van der Waals surface area contributed by atoms with Gasteiger partial charge in [-0.3, -0.25) is 9.59 Å². The fourth-order valence-corrected chi connectivity index (χ4v) is 3.51. The van der Waals surface area contributed by atoms with Crippen molar-refractivity contribution in [3.05, 3.63) is 63.6 Å². The third-order valence-corrected chi connectivity index (χ3v) is 5.21. The first-order valence-corrected chi connectivity index (χ1v) is 9.34. The second kappa shape index (κ2) is 8.11. The smallest absolute Gasteiger partial charge is 0.227 e. The number of benzene rings is 2. The molecule has 0 unspecified atom stereocenters. The molecule has 1 N–H and O–H groups in total. The minimum atomic E-state index is -0.362.